The van der Waals surface area contributed by atoms with Gasteiger partial charge in [-0.3, -0.25) is 9.59 Å². The molecular formula is C14H15F3N2O3. The van der Waals surface area contributed by atoms with E-state index in [4.69, 9.17) is 5.11 Å². The summed E-state index contributed by atoms with van der Waals surface area (Å²) < 4.78 is 37.7. The van der Waals surface area contributed by atoms with Crippen LogP contribution in [0.2, 0.25) is 0 Å². The maximum absolute atomic E-state index is 12.6. The highest BCUT2D eigenvalue weighted by Gasteiger charge is 2.34. The molecule has 1 aliphatic heterocycles. The second kappa shape index (κ2) is 5.94. The van der Waals surface area contributed by atoms with E-state index in [1.54, 1.807) is 0 Å². The lowest BCUT2D eigenvalue weighted by molar-refractivity contribution is -0.143. The monoisotopic (exact) mass is 316 g/mol. The molecule has 8 heteroatoms. The Hall–Kier alpha value is -2.12. The van der Waals surface area contributed by atoms with Crippen molar-refractivity contribution < 1.29 is 27.9 Å². The Balaban J connectivity index is 2.21. The molecule has 2 heterocycles. The van der Waals surface area contributed by atoms with Gasteiger partial charge in [-0.25, -0.2) is 4.98 Å². The van der Waals surface area contributed by atoms with Crippen LogP contribution in [0.3, 0.4) is 0 Å². The standard InChI is InChI=1S/C14H15F3N2O3/c1-8-10(4-5-11(18-8)14(15,16)17)12(20)19-6-2-3-9(7-19)13(21)22/h4-5,9H,2-3,6-7H2,1H3,(H,21,22)/t9-/m0/s1. The summed E-state index contributed by atoms with van der Waals surface area (Å²) in [6.45, 7) is 1.79. The Morgan fingerprint density at radius 2 is 2.05 bits per heavy atom. The molecule has 1 amide bonds. The van der Waals surface area contributed by atoms with Crippen molar-refractivity contribution in [1.29, 1.82) is 0 Å². The van der Waals surface area contributed by atoms with E-state index in [-0.39, 0.29) is 17.8 Å². The number of carboxylic acids is 1. The number of hydrogen-bond donors (Lipinski definition) is 1. The quantitative estimate of drug-likeness (QED) is 0.909. The molecule has 1 atom stereocenters. The molecular weight excluding hydrogens is 301 g/mol. The molecule has 0 bridgehead atoms. The van der Waals surface area contributed by atoms with E-state index in [1.807, 2.05) is 0 Å². The molecule has 0 aliphatic carbocycles. The molecule has 0 radical (unpaired) electrons. The number of aliphatic carboxylic acids is 1. The van der Waals surface area contributed by atoms with Crippen molar-refractivity contribution in [1.82, 2.24) is 9.88 Å². The molecule has 1 aliphatic rings. The van der Waals surface area contributed by atoms with Gasteiger partial charge in [0.05, 0.1) is 17.2 Å². The Kier molecular flexibility index (Phi) is 4.39. The predicted molar refractivity (Wildman–Crippen MR) is 70.2 cm³/mol. The molecule has 0 aromatic carbocycles. The first-order valence-electron chi connectivity index (χ1n) is 6.77. The fourth-order valence-corrected chi connectivity index (χ4v) is 2.48. The lowest BCUT2D eigenvalue weighted by Crippen LogP contribution is -2.42. The van der Waals surface area contributed by atoms with Gasteiger partial charge < -0.3 is 10.0 Å². The van der Waals surface area contributed by atoms with E-state index >= 15 is 0 Å². The number of pyridine rings is 1. The Labute approximate surface area is 124 Å². The molecule has 1 aromatic heterocycles. The number of aromatic nitrogens is 1. The lowest BCUT2D eigenvalue weighted by Gasteiger charge is -2.31. The minimum Gasteiger partial charge on any atom is -0.481 e. The summed E-state index contributed by atoms with van der Waals surface area (Å²) in [6.07, 6.45) is -3.52. The normalized spacial score (nSPS) is 19.1. The molecule has 0 saturated carbocycles. The highest BCUT2D eigenvalue weighted by atomic mass is 19.4. The van der Waals surface area contributed by atoms with Gasteiger partial charge in [0.1, 0.15) is 5.69 Å². The third-order valence-electron chi connectivity index (χ3n) is 3.66. The first-order valence-corrected chi connectivity index (χ1v) is 6.77. The number of amides is 1. The summed E-state index contributed by atoms with van der Waals surface area (Å²) in [5.74, 6) is -2.09. The third-order valence-corrected chi connectivity index (χ3v) is 3.66. The van der Waals surface area contributed by atoms with E-state index < -0.39 is 29.7 Å². The molecule has 5 nitrogen and oxygen atoms in total. The van der Waals surface area contributed by atoms with E-state index in [9.17, 15) is 22.8 Å². The number of hydrogen-bond acceptors (Lipinski definition) is 3. The number of alkyl halides is 3. The molecule has 2 rings (SSSR count). The van der Waals surface area contributed by atoms with Crippen molar-refractivity contribution in [2.24, 2.45) is 5.92 Å². The predicted octanol–water partition coefficient (Wildman–Crippen LogP) is 2.35. The molecule has 1 fully saturated rings. The van der Waals surface area contributed by atoms with Crippen molar-refractivity contribution in [3.63, 3.8) is 0 Å². The van der Waals surface area contributed by atoms with Crippen LogP contribution in [0.15, 0.2) is 12.1 Å². The number of carboxylic acid groups (broad SMARTS) is 1. The molecule has 0 unspecified atom stereocenters. The minimum absolute atomic E-state index is 0.0164. The summed E-state index contributed by atoms with van der Waals surface area (Å²) in [4.78, 5) is 28.2. The van der Waals surface area contributed by atoms with Crippen LogP contribution in [-0.4, -0.2) is 40.0 Å². The van der Waals surface area contributed by atoms with Crippen LogP contribution in [0, 0.1) is 12.8 Å². The van der Waals surface area contributed by atoms with Gasteiger partial charge >= 0.3 is 12.1 Å². The molecule has 1 aromatic rings. The number of piperidine rings is 1. The summed E-state index contributed by atoms with van der Waals surface area (Å²) >= 11 is 0. The fraction of sp³-hybridized carbons (Fsp3) is 0.500. The van der Waals surface area contributed by atoms with Gasteiger partial charge in [0.15, 0.2) is 0 Å². The van der Waals surface area contributed by atoms with Crippen LogP contribution in [0.1, 0.15) is 34.6 Å². The van der Waals surface area contributed by atoms with Crippen molar-refractivity contribution in [2.45, 2.75) is 25.9 Å². The Bertz CT molecular complexity index is 601. The molecule has 0 spiro atoms. The second-order valence-electron chi connectivity index (χ2n) is 5.26. The Morgan fingerprint density at radius 3 is 2.59 bits per heavy atom. The topological polar surface area (TPSA) is 70.5 Å². The molecule has 1 saturated heterocycles. The average Bonchev–Trinajstić information content (AvgIpc) is 2.45. The van der Waals surface area contributed by atoms with Crippen molar-refractivity contribution in [2.75, 3.05) is 13.1 Å². The maximum atomic E-state index is 12.6. The number of carbonyl (C=O) groups is 2. The van der Waals surface area contributed by atoms with E-state index in [0.29, 0.717) is 19.4 Å². The van der Waals surface area contributed by atoms with Crippen LogP contribution in [-0.2, 0) is 11.0 Å². The zero-order valence-electron chi connectivity index (χ0n) is 11.9. The number of rotatable bonds is 2. The zero-order chi connectivity index (χ0) is 16.5. The summed E-state index contributed by atoms with van der Waals surface area (Å²) in [7, 11) is 0. The summed E-state index contributed by atoms with van der Waals surface area (Å²) in [5, 5.41) is 9.01. The first-order chi connectivity index (χ1) is 10.2. The molecule has 22 heavy (non-hydrogen) atoms. The fourth-order valence-electron chi connectivity index (χ4n) is 2.48. The highest BCUT2D eigenvalue weighted by molar-refractivity contribution is 5.95. The van der Waals surface area contributed by atoms with Crippen LogP contribution in [0.25, 0.3) is 0 Å². The van der Waals surface area contributed by atoms with Crippen molar-refractivity contribution in [3.8, 4) is 0 Å². The largest absolute Gasteiger partial charge is 0.481 e. The van der Waals surface area contributed by atoms with E-state index in [0.717, 1.165) is 12.1 Å². The van der Waals surface area contributed by atoms with Gasteiger partial charge in [0, 0.05) is 13.1 Å². The first kappa shape index (κ1) is 16.3. The van der Waals surface area contributed by atoms with Crippen molar-refractivity contribution >= 4 is 11.9 Å². The van der Waals surface area contributed by atoms with E-state index in [1.165, 1.54) is 11.8 Å². The van der Waals surface area contributed by atoms with Crippen LogP contribution in [0.4, 0.5) is 13.2 Å². The van der Waals surface area contributed by atoms with Gasteiger partial charge in [-0.1, -0.05) is 0 Å². The van der Waals surface area contributed by atoms with Crippen LogP contribution >= 0.6 is 0 Å². The highest BCUT2D eigenvalue weighted by Crippen LogP contribution is 2.28. The smallest absolute Gasteiger partial charge is 0.433 e. The average molecular weight is 316 g/mol. The number of aryl methyl sites for hydroxylation is 1. The van der Waals surface area contributed by atoms with Gasteiger partial charge in [-0.15, -0.1) is 0 Å². The Morgan fingerprint density at radius 1 is 1.36 bits per heavy atom. The summed E-state index contributed by atoms with van der Waals surface area (Å²) in [6, 6.07) is 1.86. The van der Waals surface area contributed by atoms with Gasteiger partial charge in [-0.2, -0.15) is 13.2 Å². The molecule has 120 valence electrons. The third kappa shape index (κ3) is 3.37. The van der Waals surface area contributed by atoms with E-state index in [2.05, 4.69) is 4.98 Å². The zero-order valence-corrected chi connectivity index (χ0v) is 11.9. The second-order valence-corrected chi connectivity index (χ2v) is 5.26. The van der Waals surface area contributed by atoms with Gasteiger partial charge in [0.2, 0.25) is 0 Å². The van der Waals surface area contributed by atoms with Crippen LogP contribution in [0.5, 0.6) is 0 Å². The van der Waals surface area contributed by atoms with Gasteiger partial charge in [-0.05, 0) is 31.9 Å². The number of halogens is 3. The van der Waals surface area contributed by atoms with Gasteiger partial charge in [0.25, 0.3) is 5.91 Å². The number of likely N-dealkylation sites (tertiary alicyclic amines) is 1. The minimum atomic E-state index is -4.56. The number of carbonyl (C=O) groups excluding carboxylic acids is 1. The summed E-state index contributed by atoms with van der Waals surface area (Å²) in [5.41, 5.74) is -1.00. The lowest BCUT2D eigenvalue weighted by atomic mass is 9.97. The maximum Gasteiger partial charge on any atom is 0.433 e. The SMILES string of the molecule is Cc1nc(C(F)(F)F)ccc1C(=O)N1CCC[C@H](C(=O)O)C1. The van der Waals surface area contributed by atoms with Crippen LogP contribution < -0.4 is 0 Å². The number of nitrogens with zero attached hydrogens (tertiary/aromatic N) is 2. The molecule has 1 N–H and O–H groups in total. The van der Waals surface area contributed by atoms with Crippen molar-refractivity contribution in [3.05, 3.63) is 29.1 Å².